The van der Waals surface area contributed by atoms with Crippen LogP contribution in [-0.2, 0) is 17.8 Å². The van der Waals surface area contributed by atoms with E-state index in [2.05, 4.69) is 20.3 Å². The monoisotopic (exact) mass is 634 g/mol. The van der Waals surface area contributed by atoms with E-state index in [1.54, 1.807) is 12.4 Å². The molecule has 6 rings (SSSR count). The molecular weight excluding hydrogens is 587 g/mol. The third-order valence-electron chi connectivity index (χ3n) is 11.3. The molecule has 0 unspecified atom stereocenters. The van der Waals surface area contributed by atoms with E-state index in [1.165, 1.54) is 38.2 Å². The molecule has 1 aromatic heterocycles. The van der Waals surface area contributed by atoms with Crippen LogP contribution in [0.1, 0.15) is 81.8 Å². The van der Waals surface area contributed by atoms with Crippen molar-refractivity contribution in [3.63, 3.8) is 0 Å². The van der Waals surface area contributed by atoms with Crippen molar-refractivity contribution < 1.29 is 9.18 Å². The van der Waals surface area contributed by atoms with Crippen LogP contribution in [0.2, 0.25) is 5.02 Å². The van der Waals surface area contributed by atoms with Gasteiger partial charge in [0.15, 0.2) is 0 Å². The summed E-state index contributed by atoms with van der Waals surface area (Å²) in [6.45, 7) is 4.31. The summed E-state index contributed by atoms with van der Waals surface area (Å²) in [6.07, 6.45) is 15.7. The maximum atomic E-state index is 14.6. The van der Waals surface area contributed by atoms with E-state index < -0.39 is 5.54 Å². The molecule has 9 heteroatoms. The molecule has 3 N–H and O–H groups in total. The zero-order valence-corrected chi connectivity index (χ0v) is 27.3. The molecule has 242 valence electrons. The molecule has 7 nitrogen and oxygen atoms in total. The Bertz CT molecular complexity index is 1410. The second kappa shape index (κ2) is 13.8. The highest BCUT2D eigenvalue weighted by Gasteiger charge is 2.47. The first kappa shape index (κ1) is 32.0. The van der Waals surface area contributed by atoms with Gasteiger partial charge in [-0.05, 0) is 118 Å². The third-order valence-corrected chi connectivity index (χ3v) is 11.5. The first-order valence-corrected chi connectivity index (χ1v) is 17.3. The Morgan fingerprint density at radius 1 is 1.04 bits per heavy atom. The Morgan fingerprint density at radius 2 is 1.76 bits per heavy atom. The Hall–Kier alpha value is -2.97. The van der Waals surface area contributed by atoms with Crippen LogP contribution in [0.5, 0.6) is 0 Å². The average Bonchev–Trinajstić information content (AvgIpc) is 3.56. The summed E-state index contributed by atoms with van der Waals surface area (Å²) in [7, 11) is 0. The number of hydrogen-bond acceptors (Lipinski definition) is 5. The Morgan fingerprint density at radius 3 is 2.40 bits per heavy atom. The SMILES string of the molecule is Cc1cc(F)ccc1N[C@H]1CC[C@](N)([C@@H](Cc2ccc(Cl)cc2)C(=O)N2CCC(Cn3cncn3)(C3CCCCC3)CC2)CC1. The Balaban J connectivity index is 1.17. The maximum Gasteiger partial charge on any atom is 0.227 e. The van der Waals surface area contributed by atoms with Gasteiger partial charge in [-0.15, -0.1) is 0 Å². The maximum absolute atomic E-state index is 14.6. The van der Waals surface area contributed by atoms with Crippen molar-refractivity contribution in [3.8, 4) is 0 Å². The molecule has 1 atom stereocenters. The number of nitrogens with one attached hydrogen (secondary N) is 1. The number of nitrogens with two attached hydrogens (primary N) is 1. The minimum absolute atomic E-state index is 0.138. The normalized spacial score (nSPS) is 24.7. The van der Waals surface area contributed by atoms with Crippen LogP contribution in [0.3, 0.4) is 0 Å². The molecule has 1 aliphatic heterocycles. The van der Waals surface area contributed by atoms with Gasteiger partial charge in [0.1, 0.15) is 18.5 Å². The zero-order chi connectivity index (χ0) is 31.4. The number of piperidine rings is 1. The van der Waals surface area contributed by atoms with E-state index in [0.717, 1.165) is 75.0 Å². The molecule has 0 radical (unpaired) electrons. The molecule has 2 aliphatic carbocycles. The molecule has 0 bridgehead atoms. The van der Waals surface area contributed by atoms with Gasteiger partial charge < -0.3 is 16.0 Å². The summed E-state index contributed by atoms with van der Waals surface area (Å²) in [6, 6.07) is 13.0. The van der Waals surface area contributed by atoms with Crippen LogP contribution in [0.15, 0.2) is 55.1 Å². The first-order chi connectivity index (χ1) is 21.7. The van der Waals surface area contributed by atoms with Crippen molar-refractivity contribution in [3.05, 3.63) is 77.1 Å². The molecular formula is C36H48ClFN6O. The van der Waals surface area contributed by atoms with Gasteiger partial charge >= 0.3 is 0 Å². The lowest BCUT2D eigenvalue weighted by Gasteiger charge is -2.50. The van der Waals surface area contributed by atoms with Crippen LogP contribution in [0.25, 0.3) is 0 Å². The van der Waals surface area contributed by atoms with Gasteiger partial charge in [0.05, 0.1) is 5.92 Å². The van der Waals surface area contributed by atoms with Crippen LogP contribution in [-0.4, -0.2) is 50.2 Å². The highest BCUT2D eigenvalue weighted by molar-refractivity contribution is 6.30. The number of likely N-dealkylation sites (tertiary alicyclic amines) is 1. The predicted octanol–water partition coefficient (Wildman–Crippen LogP) is 7.18. The highest BCUT2D eigenvalue weighted by atomic mass is 35.5. The average molecular weight is 635 g/mol. The summed E-state index contributed by atoms with van der Waals surface area (Å²) < 4.78 is 15.7. The lowest BCUT2D eigenvalue weighted by atomic mass is 9.63. The van der Waals surface area contributed by atoms with E-state index in [0.29, 0.717) is 17.4 Å². The minimum Gasteiger partial charge on any atom is -0.382 e. The standard InChI is InChI=1S/C36H48ClFN6O/c1-26-21-30(38)11-12-33(26)42-31-13-15-36(39,16-14-31)32(22-27-7-9-29(37)10-8-27)34(45)43-19-17-35(18-20-43,23-44-25-40-24-41-44)28-5-3-2-4-6-28/h7-12,21,24-25,28,31-32,42H,2-6,13-20,22-23,39H2,1H3/t31-,32-,36+/m0/s1. The fourth-order valence-corrected chi connectivity index (χ4v) is 8.62. The summed E-state index contributed by atoms with van der Waals surface area (Å²) >= 11 is 6.21. The number of nitrogens with zero attached hydrogens (tertiary/aromatic N) is 4. The Kier molecular flexibility index (Phi) is 9.81. The molecule has 3 aromatic rings. The van der Waals surface area contributed by atoms with Gasteiger partial charge in [0.2, 0.25) is 5.91 Å². The van der Waals surface area contributed by atoms with E-state index in [9.17, 15) is 9.18 Å². The molecule has 0 spiro atoms. The summed E-state index contributed by atoms with van der Waals surface area (Å²) in [5, 5.41) is 8.78. The molecule has 2 saturated carbocycles. The summed E-state index contributed by atoms with van der Waals surface area (Å²) in [5.41, 5.74) is 9.76. The predicted molar refractivity (Wildman–Crippen MR) is 177 cm³/mol. The number of amides is 1. The van der Waals surface area contributed by atoms with Crippen molar-refractivity contribution >= 4 is 23.2 Å². The van der Waals surface area contributed by atoms with Crippen LogP contribution < -0.4 is 11.1 Å². The summed E-state index contributed by atoms with van der Waals surface area (Å²) in [4.78, 5) is 20.9. The number of aryl methyl sites for hydroxylation is 1. The number of aromatic nitrogens is 3. The van der Waals surface area contributed by atoms with E-state index in [-0.39, 0.29) is 29.1 Å². The van der Waals surface area contributed by atoms with E-state index in [4.69, 9.17) is 17.3 Å². The van der Waals surface area contributed by atoms with Crippen LogP contribution >= 0.6 is 11.6 Å². The van der Waals surface area contributed by atoms with Crippen LogP contribution in [0.4, 0.5) is 10.1 Å². The number of hydrogen-bond donors (Lipinski definition) is 2. The third kappa shape index (κ3) is 7.38. The molecule has 45 heavy (non-hydrogen) atoms. The lowest BCUT2D eigenvalue weighted by Crippen LogP contribution is -2.59. The first-order valence-electron chi connectivity index (χ1n) is 16.9. The second-order valence-electron chi connectivity index (χ2n) is 14.1. The zero-order valence-electron chi connectivity index (χ0n) is 26.6. The highest BCUT2D eigenvalue weighted by Crippen LogP contribution is 2.47. The van der Waals surface area contributed by atoms with Crippen LogP contribution in [0, 0.1) is 30.0 Å². The number of benzene rings is 2. The van der Waals surface area contributed by atoms with Gasteiger partial charge in [0, 0.05) is 41.9 Å². The van der Waals surface area contributed by atoms with Crippen molar-refractivity contribution in [1.82, 2.24) is 19.7 Å². The van der Waals surface area contributed by atoms with Crippen molar-refractivity contribution in [2.75, 3.05) is 18.4 Å². The smallest absolute Gasteiger partial charge is 0.227 e. The van der Waals surface area contributed by atoms with E-state index >= 15 is 0 Å². The van der Waals surface area contributed by atoms with Crippen molar-refractivity contribution in [2.45, 2.75) is 102 Å². The molecule has 3 fully saturated rings. The largest absolute Gasteiger partial charge is 0.382 e. The van der Waals surface area contributed by atoms with Crippen molar-refractivity contribution in [2.24, 2.45) is 23.0 Å². The topological polar surface area (TPSA) is 89.1 Å². The molecule has 2 aromatic carbocycles. The molecule has 2 heterocycles. The molecule has 1 amide bonds. The molecule has 1 saturated heterocycles. The quantitative estimate of drug-likeness (QED) is 0.260. The van der Waals surface area contributed by atoms with Gasteiger partial charge in [-0.25, -0.2) is 9.37 Å². The van der Waals surface area contributed by atoms with Gasteiger partial charge in [-0.1, -0.05) is 43.0 Å². The van der Waals surface area contributed by atoms with E-state index in [1.807, 2.05) is 48.3 Å². The van der Waals surface area contributed by atoms with Gasteiger partial charge in [-0.2, -0.15) is 5.10 Å². The van der Waals surface area contributed by atoms with Gasteiger partial charge in [0.25, 0.3) is 0 Å². The number of carbonyl (C=O) groups excluding carboxylic acids is 1. The fraction of sp³-hybridized carbons (Fsp3) is 0.583. The number of carbonyl (C=O) groups is 1. The van der Waals surface area contributed by atoms with Crippen molar-refractivity contribution in [1.29, 1.82) is 0 Å². The fourth-order valence-electron chi connectivity index (χ4n) is 8.49. The number of anilines is 1. The Labute approximate surface area is 272 Å². The number of rotatable bonds is 9. The summed E-state index contributed by atoms with van der Waals surface area (Å²) in [5.74, 6) is 0.306. The minimum atomic E-state index is -0.606. The van der Waals surface area contributed by atoms with Gasteiger partial charge in [-0.3, -0.25) is 9.48 Å². The molecule has 3 aliphatic rings. The lowest BCUT2D eigenvalue weighted by molar-refractivity contribution is -0.142. The number of halogens is 2. The second-order valence-corrected chi connectivity index (χ2v) is 14.5.